The Bertz CT molecular complexity index is 764. The van der Waals surface area contributed by atoms with Crippen molar-refractivity contribution in [3.8, 4) is 6.07 Å². The molecule has 0 saturated heterocycles. The monoisotopic (exact) mass is 339 g/mol. The van der Waals surface area contributed by atoms with Crippen molar-refractivity contribution in [3.05, 3.63) is 54.1 Å². The van der Waals surface area contributed by atoms with Crippen LogP contribution in [0, 0.1) is 11.3 Å². The molecule has 0 aliphatic rings. The lowest BCUT2D eigenvalue weighted by Crippen LogP contribution is -2.22. The molecule has 5 nitrogen and oxygen atoms in total. The van der Waals surface area contributed by atoms with Crippen LogP contribution in [0.1, 0.15) is 19.4 Å². The maximum Gasteiger partial charge on any atom is 0.237 e. The van der Waals surface area contributed by atoms with Crippen molar-refractivity contribution in [3.63, 3.8) is 0 Å². The Hall–Kier alpha value is -2.78. The van der Waals surface area contributed by atoms with Gasteiger partial charge in [-0.3, -0.25) is 9.59 Å². The van der Waals surface area contributed by atoms with Crippen molar-refractivity contribution in [2.45, 2.75) is 24.0 Å². The largest absolute Gasteiger partial charge is 0.326 e. The van der Waals surface area contributed by atoms with Crippen LogP contribution in [-0.4, -0.2) is 17.1 Å². The highest BCUT2D eigenvalue weighted by Gasteiger charge is 2.14. The molecule has 0 aliphatic carbocycles. The molecule has 0 bridgehead atoms. The highest BCUT2D eigenvalue weighted by molar-refractivity contribution is 8.00. The zero-order valence-corrected chi connectivity index (χ0v) is 14.2. The Morgan fingerprint density at radius 2 is 1.54 bits per heavy atom. The third-order valence-corrected chi connectivity index (χ3v) is 4.25. The maximum atomic E-state index is 12.2. The van der Waals surface area contributed by atoms with Crippen LogP contribution in [0.3, 0.4) is 0 Å². The number of nitrogens with zero attached hydrogens (tertiary/aromatic N) is 1. The predicted molar refractivity (Wildman–Crippen MR) is 95.9 cm³/mol. The molecule has 0 aromatic heterocycles. The van der Waals surface area contributed by atoms with Crippen molar-refractivity contribution in [2.75, 3.05) is 10.6 Å². The molecular formula is C18H17N3O2S. The number of anilines is 2. The van der Waals surface area contributed by atoms with Gasteiger partial charge in [-0.05, 0) is 55.5 Å². The van der Waals surface area contributed by atoms with Gasteiger partial charge in [0.25, 0.3) is 0 Å². The van der Waals surface area contributed by atoms with E-state index in [1.54, 1.807) is 36.4 Å². The second-order valence-electron chi connectivity index (χ2n) is 5.14. The smallest absolute Gasteiger partial charge is 0.237 e. The summed E-state index contributed by atoms with van der Waals surface area (Å²) < 4.78 is 0. The summed E-state index contributed by atoms with van der Waals surface area (Å²) in [4.78, 5) is 24.2. The van der Waals surface area contributed by atoms with E-state index in [9.17, 15) is 9.59 Å². The van der Waals surface area contributed by atoms with E-state index in [0.717, 1.165) is 10.6 Å². The lowest BCUT2D eigenvalue weighted by molar-refractivity contribution is -0.115. The molecule has 0 unspecified atom stereocenters. The first-order valence-electron chi connectivity index (χ1n) is 7.33. The summed E-state index contributed by atoms with van der Waals surface area (Å²) in [7, 11) is 0. The van der Waals surface area contributed by atoms with Crippen LogP contribution in [-0.2, 0) is 9.59 Å². The molecule has 2 amide bonds. The van der Waals surface area contributed by atoms with Gasteiger partial charge in [-0.1, -0.05) is 0 Å². The Kier molecular flexibility index (Phi) is 5.99. The summed E-state index contributed by atoms with van der Waals surface area (Å²) in [5.74, 6) is -0.235. The first kappa shape index (κ1) is 17.6. The van der Waals surface area contributed by atoms with E-state index < -0.39 is 0 Å². The first-order chi connectivity index (χ1) is 11.5. The lowest BCUT2D eigenvalue weighted by Gasteiger charge is -2.12. The highest BCUT2D eigenvalue weighted by Crippen LogP contribution is 2.25. The molecule has 0 fully saturated rings. The van der Waals surface area contributed by atoms with Gasteiger partial charge in [0, 0.05) is 23.2 Å². The molecule has 0 heterocycles. The van der Waals surface area contributed by atoms with E-state index in [2.05, 4.69) is 10.6 Å². The molecule has 0 saturated carbocycles. The maximum absolute atomic E-state index is 12.2. The fourth-order valence-electron chi connectivity index (χ4n) is 1.95. The molecule has 6 heteroatoms. The van der Waals surface area contributed by atoms with Crippen molar-refractivity contribution >= 4 is 35.0 Å². The van der Waals surface area contributed by atoms with Gasteiger partial charge in [0.05, 0.1) is 16.9 Å². The van der Waals surface area contributed by atoms with Crippen LogP contribution in [0.4, 0.5) is 11.4 Å². The van der Waals surface area contributed by atoms with Crippen LogP contribution >= 0.6 is 11.8 Å². The number of nitrogens with one attached hydrogen (secondary N) is 2. The standard InChI is InChI=1S/C18H17N3O2S/c1-12(18(23)21-16-5-3-14(11-19)4-6-16)24-17-9-7-15(8-10-17)20-13(2)22/h3-10,12H,1-2H3,(H,20,22)(H,21,23)/t12-/m1/s1. The van der Waals surface area contributed by atoms with Gasteiger partial charge >= 0.3 is 0 Å². The minimum atomic E-state index is -0.285. The highest BCUT2D eigenvalue weighted by atomic mass is 32.2. The Labute approximate surface area is 145 Å². The number of amides is 2. The molecule has 2 aromatic rings. The zero-order valence-electron chi connectivity index (χ0n) is 13.4. The van der Waals surface area contributed by atoms with Gasteiger partial charge in [-0.25, -0.2) is 0 Å². The Morgan fingerprint density at radius 3 is 2.08 bits per heavy atom. The zero-order chi connectivity index (χ0) is 17.5. The van der Waals surface area contributed by atoms with E-state index >= 15 is 0 Å². The van der Waals surface area contributed by atoms with Gasteiger partial charge < -0.3 is 10.6 Å². The number of hydrogen-bond acceptors (Lipinski definition) is 4. The summed E-state index contributed by atoms with van der Waals surface area (Å²) in [6.45, 7) is 3.28. The number of nitriles is 1. The second kappa shape index (κ2) is 8.18. The third kappa shape index (κ3) is 5.14. The van der Waals surface area contributed by atoms with Gasteiger partial charge in [0.15, 0.2) is 0 Å². The molecule has 0 radical (unpaired) electrons. The number of thioether (sulfide) groups is 1. The topological polar surface area (TPSA) is 82.0 Å². The predicted octanol–water partition coefficient (Wildman–Crippen LogP) is 3.64. The number of hydrogen-bond donors (Lipinski definition) is 2. The first-order valence-corrected chi connectivity index (χ1v) is 8.21. The minimum absolute atomic E-state index is 0.115. The summed E-state index contributed by atoms with van der Waals surface area (Å²) in [6, 6.07) is 16.1. The van der Waals surface area contributed by atoms with Crippen LogP contribution in [0.25, 0.3) is 0 Å². The summed E-state index contributed by atoms with van der Waals surface area (Å²) in [5, 5.41) is 14.0. The van der Waals surface area contributed by atoms with Crippen LogP contribution in [0.5, 0.6) is 0 Å². The summed E-state index contributed by atoms with van der Waals surface area (Å²) in [5.41, 5.74) is 1.93. The number of carbonyl (C=O) groups excluding carboxylic acids is 2. The van der Waals surface area contributed by atoms with E-state index in [0.29, 0.717) is 11.3 Å². The van der Waals surface area contributed by atoms with Gasteiger partial charge in [0.1, 0.15) is 0 Å². The Morgan fingerprint density at radius 1 is 1.00 bits per heavy atom. The quantitative estimate of drug-likeness (QED) is 0.815. The van der Waals surface area contributed by atoms with Crippen molar-refractivity contribution in [1.82, 2.24) is 0 Å². The van der Waals surface area contributed by atoms with Gasteiger partial charge in [-0.2, -0.15) is 5.26 Å². The number of benzene rings is 2. The average molecular weight is 339 g/mol. The molecular weight excluding hydrogens is 322 g/mol. The van der Waals surface area contributed by atoms with Gasteiger partial charge in [0.2, 0.25) is 11.8 Å². The second-order valence-corrected chi connectivity index (χ2v) is 6.56. The third-order valence-electron chi connectivity index (χ3n) is 3.14. The van der Waals surface area contributed by atoms with Crippen LogP contribution in [0.15, 0.2) is 53.4 Å². The molecule has 24 heavy (non-hydrogen) atoms. The van der Waals surface area contributed by atoms with Crippen LogP contribution in [0.2, 0.25) is 0 Å². The number of rotatable bonds is 5. The minimum Gasteiger partial charge on any atom is -0.326 e. The van der Waals surface area contributed by atoms with Crippen molar-refractivity contribution in [1.29, 1.82) is 5.26 Å². The SMILES string of the molecule is CC(=O)Nc1ccc(S[C@H](C)C(=O)Nc2ccc(C#N)cc2)cc1. The van der Waals surface area contributed by atoms with E-state index in [1.807, 2.05) is 25.1 Å². The average Bonchev–Trinajstić information content (AvgIpc) is 2.56. The molecule has 0 aliphatic heterocycles. The molecule has 1 atom stereocenters. The molecule has 0 spiro atoms. The fraction of sp³-hybridized carbons (Fsp3) is 0.167. The molecule has 122 valence electrons. The molecule has 2 aromatic carbocycles. The van der Waals surface area contributed by atoms with E-state index in [4.69, 9.17) is 5.26 Å². The fourth-order valence-corrected chi connectivity index (χ4v) is 2.82. The normalized spacial score (nSPS) is 11.2. The lowest BCUT2D eigenvalue weighted by atomic mass is 10.2. The van der Waals surface area contributed by atoms with Crippen LogP contribution < -0.4 is 10.6 Å². The van der Waals surface area contributed by atoms with E-state index in [-0.39, 0.29) is 17.1 Å². The van der Waals surface area contributed by atoms with Crippen molar-refractivity contribution < 1.29 is 9.59 Å². The summed E-state index contributed by atoms with van der Waals surface area (Å²) >= 11 is 1.43. The Balaban J connectivity index is 1.93. The number of carbonyl (C=O) groups is 2. The van der Waals surface area contributed by atoms with Gasteiger partial charge in [-0.15, -0.1) is 11.8 Å². The molecule has 2 N–H and O–H groups in total. The van der Waals surface area contributed by atoms with Crippen molar-refractivity contribution in [2.24, 2.45) is 0 Å². The summed E-state index contributed by atoms with van der Waals surface area (Å²) in [6.07, 6.45) is 0. The van der Waals surface area contributed by atoms with E-state index in [1.165, 1.54) is 18.7 Å². The molecule has 2 rings (SSSR count).